The third kappa shape index (κ3) is 3.36. The molecule has 19 heavy (non-hydrogen) atoms. The molecule has 98 valence electrons. The maximum absolute atomic E-state index is 11.3. The van der Waals surface area contributed by atoms with Crippen molar-refractivity contribution in [2.45, 2.75) is 6.92 Å². The van der Waals surface area contributed by atoms with Gasteiger partial charge in [-0.1, -0.05) is 11.8 Å². The summed E-state index contributed by atoms with van der Waals surface area (Å²) in [5.41, 5.74) is 1.05. The zero-order valence-corrected chi connectivity index (χ0v) is 10.9. The van der Waals surface area contributed by atoms with Gasteiger partial charge in [-0.25, -0.2) is 4.79 Å². The molecule has 4 nitrogen and oxygen atoms in total. The topological polar surface area (TPSA) is 48.7 Å². The van der Waals surface area contributed by atoms with Crippen LogP contribution in [0.3, 0.4) is 0 Å². The van der Waals surface area contributed by atoms with Crippen LogP contribution in [0.15, 0.2) is 33.5 Å². The molecular formula is C15H14O4. The molecule has 0 unspecified atom stereocenters. The van der Waals surface area contributed by atoms with Crippen molar-refractivity contribution in [2.75, 3.05) is 20.3 Å². The summed E-state index contributed by atoms with van der Waals surface area (Å²) < 4.78 is 15.4. The Morgan fingerprint density at radius 3 is 2.79 bits per heavy atom. The average molecular weight is 258 g/mol. The van der Waals surface area contributed by atoms with E-state index in [1.807, 2.05) is 19.1 Å². The van der Waals surface area contributed by atoms with Gasteiger partial charge in [-0.05, 0) is 24.6 Å². The quantitative estimate of drug-likeness (QED) is 0.625. The molecule has 0 aliphatic carbocycles. The van der Waals surface area contributed by atoms with Gasteiger partial charge in [0.2, 0.25) is 0 Å². The molecule has 1 aromatic heterocycles. The van der Waals surface area contributed by atoms with Crippen molar-refractivity contribution in [1.82, 2.24) is 0 Å². The van der Waals surface area contributed by atoms with Crippen molar-refractivity contribution in [1.29, 1.82) is 0 Å². The molecule has 0 spiro atoms. The van der Waals surface area contributed by atoms with E-state index in [9.17, 15) is 4.79 Å². The van der Waals surface area contributed by atoms with E-state index in [1.54, 1.807) is 13.2 Å². The van der Waals surface area contributed by atoms with E-state index < -0.39 is 0 Å². The summed E-state index contributed by atoms with van der Waals surface area (Å²) in [5.74, 6) is 6.22. The van der Waals surface area contributed by atoms with Gasteiger partial charge in [0.25, 0.3) is 0 Å². The standard InChI is InChI=1S/C15H14O4/c1-11-9-15(16)19-14-10-12(5-6-13(11)14)18-8-4-3-7-17-2/h5-6,9-10H,7-8H2,1-2H3. The fourth-order valence-corrected chi connectivity index (χ4v) is 1.69. The van der Waals surface area contributed by atoms with Crippen LogP contribution in [0.1, 0.15) is 5.56 Å². The molecule has 0 atom stereocenters. The van der Waals surface area contributed by atoms with Crippen LogP contribution < -0.4 is 10.4 Å². The van der Waals surface area contributed by atoms with Crippen LogP contribution in [0.25, 0.3) is 11.0 Å². The molecule has 2 rings (SSSR count). The number of fused-ring (bicyclic) bond motifs is 1. The molecule has 1 aromatic carbocycles. The van der Waals surface area contributed by atoms with E-state index in [2.05, 4.69) is 11.8 Å². The van der Waals surface area contributed by atoms with E-state index >= 15 is 0 Å². The monoisotopic (exact) mass is 258 g/mol. The first-order valence-electron chi connectivity index (χ1n) is 5.82. The van der Waals surface area contributed by atoms with Crippen LogP contribution in [0.5, 0.6) is 5.75 Å². The van der Waals surface area contributed by atoms with E-state index in [4.69, 9.17) is 13.9 Å². The molecule has 2 aromatic rings. The van der Waals surface area contributed by atoms with Gasteiger partial charge in [-0.3, -0.25) is 0 Å². The number of hydrogen-bond donors (Lipinski definition) is 0. The number of methoxy groups -OCH3 is 1. The van der Waals surface area contributed by atoms with Crippen LogP contribution in [0, 0.1) is 18.8 Å². The number of aryl methyl sites for hydroxylation is 1. The van der Waals surface area contributed by atoms with E-state index in [0.717, 1.165) is 10.9 Å². The second-order valence-electron chi connectivity index (χ2n) is 3.98. The Hall–Kier alpha value is -2.25. The Morgan fingerprint density at radius 2 is 2.00 bits per heavy atom. The predicted octanol–water partition coefficient (Wildman–Crippen LogP) is 2.13. The first-order valence-corrected chi connectivity index (χ1v) is 5.82. The van der Waals surface area contributed by atoms with E-state index in [0.29, 0.717) is 17.9 Å². The number of ether oxygens (including phenoxy) is 2. The van der Waals surface area contributed by atoms with Gasteiger partial charge in [0.15, 0.2) is 0 Å². The first kappa shape index (κ1) is 13.2. The summed E-state index contributed by atoms with van der Waals surface area (Å²) in [6, 6.07) is 6.86. The Morgan fingerprint density at radius 1 is 1.21 bits per heavy atom. The third-order valence-corrected chi connectivity index (χ3v) is 2.58. The van der Waals surface area contributed by atoms with Crippen LogP contribution >= 0.6 is 0 Å². The summed E-state index contributed by atoms with van der Waals surface area (Å²) in [4.78, 5) is 11.3. The van der Waals surface area contributed by atoms with Crippen LogP contribution in [-0.4, -0.2) is 20.3 Å². The molecule has 0 amide bonds. The highest BCUT2D eigenvalue weighted by molar-refractivity contribution is 5.81. The normalized spacial score (nSPS) is 10.0. The average Bonchev–Trinajstić information content (AvgIpc) is 2.38. The Kier molecular flexibility index (Phi) is 4.22. The van der Waals surface area contributed by atoms with Gasteiger partial charge in [-0.15, -0.1) is 0 Å². The molecule has 0 fully saturated rings. The van der Waals surface area contributed by atoms with Gasteiger partial charge in [0.05, 0.1) is 0 Å². The SMILES string of the molecule is COCC#CCOc1ccc2c(C)cc(=O)oc2c1. The molecule has 0 N–H and O–H groups in total. The molecule has 0 radical (unpaired) electrons. The zero-order valence-electron chi connectivity index (χ0n) is 10.9. The molecule has 0 bridgehead atoms. The predicted molar refractivity (Wildman–Crippen MR) is 72.4 cm³/mol. The molecule has 0 aliphatic rings. The van der Waals surface area contributed by atoms with Crippen LogP contribution in [0.4, 0.5) is 0 Å². The third-order valence-electron chi connectivity index (χ3n) is 2.58. The summed E-state index contributed by atoms with van der Waals surface area (Å²) in [7, 11) is 1.59. The second-order valence-corrected chi connectivity index (χ2v) is 3.98. The minimum absolute atomic E-state index is 0.269. The van der Waals surface area contributed by atoms with Gasteiger partial charge >= 0.3 is 5.63 Å². The smallest absolute Gasteiger partial charge is 0.336 e. The molecule has 0 saturated carbocycles. The number of rotatable bonds is 3. The summed E-state index contributed by atoms with van der Waals surface area (Å²) in [6.45, 7) is 2.52. The number of hydrogen-bond acceptors (Lipinski definition) is 4. The van der Waals surface area contributed by atoms with Crippen molar-refractivity contribution in [3.8, 4) is 17.6 Å². The van der Waals surface area contributed by atoms with Crippen LogP contribution in [0.2, 0.25) is 0 Å². The van der Waals surface area contributed by atoms with E-state index in [1.165, 1.54) is 6.07 Å². The largest absolute Gasteiger partial charge is 0.481 e. The lowest BCUT2D eigenvalue weighted by Crippen LogP contribution is -1.99. The molecular weight excluding hydrogens is 244 g/mol. The molecule has 1 heterocycles. The maximum Gasteiger partial charge on any atom is 0.336 e. The molecule has 0 aliphatic heterocycles. The minimum atomic E-state index is -0.359. The maximum atomic E-state index is 11.3. The minimum Gasteiger partial charge on any atom is -0.481 e. The number of benzene rings is 1. The molecule has 4 heteroatoms. The Balaban J connectivity index is 2.18. The fraction of sp³-hybridized carbons (Fsp3) is 0.267. The van der Waals surface area contributed by atoms with Gasteiger partial charge in [0.1, 0.15) is 24.5 Å². The van der Waals surface area contributed by atoms with Crippen molar-refractivity contribution in [2.24, 2.45) is 0 Å². The summed E-state index contributed by atoms with van der Waals surface area (Å²) >= 11 is 0. The van der Waals surface area contributed by atoms with Gasteiger partial charge in [0, 0.05) is 24.6 Å². The summed E-state index contributed by atoms with van der Waals surface area (Å²) in [5, 5.41) is 0.900. The highest BCUT2D eigenvalue weighted by Gasteiger charge is 2.03. The lowest BCUT2D eigenvalue weighted by molar-refractivity contribution is 0.239. The van der Waals surface area contributed by atoms with Crippen molar-refractivity contribution in [3.63, 3.8) is 0 Å². The zero-order chi connectivity index (χ0) is 13.7. The highest BCUT2D eigenvalue weighted by Crippen LogP contribution is 2.21. The van der Waals surface area contributed by atoms with Crippen molar-refractivity contribution < 1.29 is 13.9 Å². The first-order chi connectivity index (χ1) is 9.20. The Labute approximate surface area is 110 Å². The Bertz CT molecular complexity index is 689. The lowest BCUT2D eigenvalue weighted by Gasteiger charge is -2.04. The molecule has 0 saturated heterocycles. The fourth-order valence-electron chi connectivity index (χ4n) is 1.69. The summed E-state index contributed by atoms with van der Waals surface area (Å²) in [6.07, 6.45) is 0. The second kappa shape index (κ2) is 6.07. The lowest BCUT2D eigenvalue weighted by atomic mass is 10.1. The highest BCUT2D eigenvalue weighted by atomic mass is 16.5. The van der Waals surface area contributed by atoms with E-state index in [-0.39, 0.29) is 12.2 Å². The van der Waals surface area contributed by atoms with Crippen LogP contribution in [-0.2, 0) is 4.74 Å². The van der Waals surface area contributed by atoms with Crippen molar-refractivity contribution in [3.05, 3.63) is 40.2 Å². The van der Waals surface area contributed by atoms with Gasteiger partial charge < -0.3 is 13.9 Å². The van der Waals surface area contributed by atoms with Gasteiger partial charge in [-0.2, -0.15) is 0 Å². The van der Waals surface area contributed by atoms with Crippen molar-refractivity contribution >= 4 is 11.0 Å².